The zero-order valence-electron chi connectivity index (χ0n) is 7.75. The third-order valence-electron chi connectivity index (χ3n) is 1.62. The lowest BCUT2D eigenvalue weighted by molar-refractivity contribution is 0.0779. The lowest BCUT2D eigenvalue weighted by atomic mass is 10.3. The Morgan fingerprint density at radius 2 is 2.00 bits per heavy atom. The van der Waals surface area contributed by atoms with E-state index < -0.39 is 18.4 Å². The first kappa shape index (κ1) is 11.8. The molecule has 1 aromatic heterocycles. The van der Waals surface area contributed by atoms with E-state index in [0.29, 0.717) is 0 Å². The molecular weight excluding hydrogens is 228 g/mol. The molecule has 0 saturated carbocycles. The van der Waals surface area contributed by atoms with Crippen LogP contribution < -0.4 is 5.32 Å². The average Bonchev–Trinajstić information content (AvgIpc) is 2.18. The molecule has 1 unspecified atom stereocenters. The number of hydrogen-bond acceptors (Lipinski definition) is 3. The molecule has 0 bridgehead atoms. The van der Waals surface area contributed by atoms with Gasteiger partial charge in [-0.2, -0.15) is 0 Å². The normalized spacial score (nSPS) is 12.6. The van der Waals surface area contributed by atoms with Crippen LogP contribution in [0.15, 0.2) is 12.4 Å². The fraction of sp³-hybridized carbons (Fsp3) is 0.375. The van der Waals surface area contributed by atoms with E-state index in [1.54, 1.807) is 0 Å². The number of carbonyl (C=O) groups is 1. The second-order valence-electron chi connectivity index (χ2n) is 2.84. The van der Waals surface area contributed by atoms with Gasteiger partial charge in [0.15, 0.2) is 0 Å². The van der Waals surface area contributed by atoms with Crippen LogP contribution in [0.1, 0.15) is 17.3 Å². The first-order chi connectivity index (χ1) is 7.00. The molecule has 15 heavy (non-hydrogen) atoms. The highest BCUT2D eigenvalue weighted by Gasteiger charge is 2.18. The van der Waals surface area contributed by atoms with Crippen molar-refractivity contribution in [3.05, 3.63) is 23.2 Å². The van der Waals surface area contributed by atoms with Gasteiger partial charge in [0.05, 0.1) is 11.6 Å². The van der Waals surface area contributed by atoms with Crippen molar-refractivity contribution < 1.29 is 13.6 Å². The van der Waals surface area contributed by atoms with E-state index in [0.717, 1.165) is 0 Å². The quantitative estimate of drug-likeness (QED) is 0.808. The van der Waals surface area contributed by atoms with E-state index in [9.17, 15) is 13.6 Å². The lowest BCUT2D eigenvalue weighted by Crippen LogP contribution is -2.37. The average molecular weight is 236 g/mol. The van der Waals surface area contributed by atoms with E-state index in [4.69, 9.17) is 11.6 Å². The van der Waals surface area contributed by atoms with E-state index in [1.807, 2.05) is 0 Å². The van der Waals surface area contributed by atoms with E-state index in [1.165, 1.54) is 19.3 Å². The van der Waals surface area contributed by atoms with Crippen LogP contribution in [-0.2, 0) is 0 Å². The summed E-state index contributed by atoms with van der Waals surface area (Å²) in [5.74, 6) is -0.653. The van der Waals surface area contributed by atoms with Crippen LogP contribution in [0.5, 0.6) is 0 Å². The summed E-state index contributed by atoms with van der Waals surface area (Å²) < 4.78 is 24.2. The topological polar surface area (TPSA) is 54.9 Å². The second-order valence-corrected chi connectivity index (χ2v) is 3.18. The van der Waals surface area contributed by atoms with Crippen molar-refractivity contribution in [1.82, 2.24) is 15.3 Å². The Morgan fingerprint density at radius 1 is 1.47 bits per heavy atom. The number of amides is 1. The zero-order valence-corrected chi connectivity index (χ0v) is 8.50. The van der Waals surface area contributed by atoms with Crippen molar-refractivity contribution in [2.75, 3.05) is 0 Å². The highest BCUT2D eigenvalue weighted by Crippen LogP contribution is 2.03. The number of nitrogens with zero attached hydrogens (tertiary/aromatic N) is 2. The third kappa shape index (κ3) is 3.39. The Balaban J connectivity index is 2.65. The Morgan fingerprint density at radius 3 is 2.47 bits per heavy atom. The number of halogens is 3. The molecule has 0 saturated heterocycles. The van der Waals surface area contributed by atoms with Gasteiger partial charge in [0.25, 0.3) is 12.3 Å². The maximum absolute atomic E-state index is 12.1. The van der Waals surface area contributed by atoms with Crippen LogP contribution in [-0.4, -0.2) is 28.3 Å². The third-order valence-corrected chi connectivity index (χ3v) is 1.81. The number of rotatable bonds is 3. The number of hydrogen-bond donors (Lipinski definition) is 1. The molecule has 0 spiro atoms. The van der Waals surface area contributed by atoms with Gasteiger partial charge in [0, 0.05) is 12.4 Å². The minimum Gasteiger partial charge on any atom is -0.344 e. The molecule has 1 rings (SSSR count). The van der Waals surface area contributed by atoms with Crippen molar-refractivity contribution in [1.29, 1.82) is 0 Å². The van der Waals surface area contributed by atoms with Crippen LogP contribution in [0.3, 0.4) is 0 Å². The maximum atomic E-state index is 12.1. The number of nitrogens with one attached hydrogen (secondary N) is 1. The van der Waals surface area contributed by atoms with Gasteiger partial charge in [-0.05, 0) is 18.5 Å². The van der Waals surface area contributed by atoms with Crippen molar-refractivity contribution in [3.63, 3.8) is 0 Å². The number of alkyl halides is 2. The molecule has 0 fully saturated rings. The fourth-order valence-corrected chi connectivity index (χ4v) is 0.880. The first-order valence-corrected chi connectivity index (χ1v) is 4.45. The van der Waals surface area contributed by atoms with Crippen molar-refractivity contribution in [2.45, 2.75) is 19.4 Å². The van der Waals surface area contributed by atoms with E-state index in [-0.39, 0.29) is 10.8 Å². The Kier molecular flexibility index (Phi) is 3.90. The second kappa shape index (κ2) is 4.97. The summed E-state index contributed by atoms with van der Waals surface area (Å²) in [6.07, 6.45) is -0.270. The molecule has 82 valence electrons. The highest BCUT2D eigenvalue weighted by atomic mass is 35.5. The minimum absolute atomic E-state index is 0.00606. The van der Waals surface area contributed by atoms with Gasteiger partial charge in [-0.1, -0.05) is 0 Å². The zero-order chi connectivity index (χ0) is 11.4. The predicted octanol–water partition coefficient (Wildman–Crippen LogP) is 1.51. The SMILES string of the molecule is CC(NC(=O)c1cnc(Cl)nc1)C(F)F. The Bertz CT molecular complexity index is 344. The van der Waals surface area contributed by atoms with Crippen molar-refractivity contribution in [3.8, 4) is 0 Å². The number of carbonyl (C=O) groups excluding carboxylic acids is 1. The summed E-state index contributed by atoms with van der Waals surface area (Å²) in [5, 5.41) is 2.10. The standard InChI is InChI=1S/C8H8ClF2N3O/c1-4(6(10)11)14-7(15)5-2-12-8(9)13-3-5/h2-4,6H,1H3,(H,14,15). The number of aromatic nitrogens is 2. The van der Waals surface area contributed by atoms with Crippen molar-refractivity contribution >= 4 is 17.5 Å². The largest absolute Gasteiger partial charge is 0.344 e. The van der Waals surface area contributed by atoms with Gasteiger partial charge in [-0.3, -0.25) is 4.79 Å². The smallest absolute Gasteiger partial charge is 0.258 e. The van der Waals surface area contributed by atoms with Crippen LogP contribution in [0, 0.1) is 0 Å². The fourth-order valence-electron chi connectivity index (χ4n) is 0.783. The van der Waals surface area contributed by atoms with Gasteiger partial charge < -0.3 is 5.32 Å². The lowest BCUT2D eigenvalue weighted by Gasteiger charge is -2.11. The summed E-state index contributed by atoms with van der Waals surface area (Å²) in [5.41, 5.74) is 0.0897. The molecule has 0 aromatic carbocycles. The predicted molar refractivity (Wildman–Crippen MR) is 50.0 cm³/mol. The minimum atomic E-state index is -2.61. The summed E-state index contributed by atoms with van der Waals surface area (Å²) in [7, 11) is 0. The van der Waals surface area contributed by atoms with E-state index >= 15 is 0 Å². The molecule has 0 aliphatic rings. The summed E-state index contributed by atoms with van der Waals surface area (Å²) >= 11 is 5.40. The summed E-state index contributed by atoms with van der Waals surface area (Å²) in [4.78, 5) is 18.4. The molecule has 7 heteroatoms. The molecule has 1 N–H and O–H groups in total. The molecule has 1 atom stereocenters. The van der Waals surface area contributed by atoms with Crippen LogP contribution >= 0.6 is 11.6 Å². The van der Waals surface area contributed by atoms with Gasteiger partial charge >= 0.3 is 0 Å². The van der Waals surface area contributed by atoms with Crippen LogP contribution in [0.2, 0.25) is 5.28 Å². The molecular formula is C8H8ClF2N3O. The van der Waals surface area contributed by atoms with Gasteiger partial charge in [-0.15, -0.1) is 0 Å². The Labute approximate surface area is 89.7 Å². The maximum Gasteiger partial charge on any atom is 0.258 e. The molecule has 1 aromatic rings. The molecule has 0 radical (unpaired) electrons. The van der Waals surface area contributed by atoms with Gasteiger partial charge in [0.2, 0.25) is 5.28 Å². The van der Waals surface area contributed by atoms with Crippen LogP contribution in [0.4, 0.5) is 8.78 Å². The van der Waals surface area contributed by atoms with Crippen LogP contribution in [0.25, 0.3) is 0 Å². The van der Waals surface area contributed by atoms with Gasteiger partial charge in [-0.25, -0.2) is 18.7 Å². The summed E-state index contributed by atoms with van der Waals surface area (Å²) in [6.45, 7) is 1.21. The van der Waals surface area contributed by atoms with Gasteiger partial charge in [0.1, 0.15) is 0 Å². The van der Waals surface area contributed by atoms with Crippen molar-refractivity contribution in [2.24, 2.45) is 0 Å². The summed E-state index contributed by atoms with van der Waals surface area (Å²) in [6, 6.07) is -1.21. The first-order valence-electron chi connectivity index (χ1n) is 4.07. The molecule has 0 aliphatic carbocycles. The molecule has 1 amide bonds. The monoisotopic (exact) mass is 235 g/mol. The van der Waals surface area contributed by atoms with E-state index in [2.05, 4.69) is 15.3 Å². The highest BCUT2D eigenvalue weighted by molar-refractivity contribution is 6.28. The molecule has 4 nitrogen and oxygen atoms in total. The molecule has 1 heterocycles. The Hall–Kier alpha value is -1.30. The molecule has 0 aliphatic heterocycles.